The standard InChI is InChI=1S/C29H30N4O4S/c34-28(30-23-5-6-23)21-3-10-26(11-4-21)33-14-13-22-19-24(7-12-27(22)33)31-29(35)20-1-8-25(9-2-20)32-15-17-38(36,37)18-16-32/h1-4,7-14,19,23,36-37H,5-6,15-18H2,(H,30,34)(H,31,35). The van der Waals surface area contributed by atoms with E-state index < -0.39 is 10.6 Å². The van der Waals surface area contributed by atoms with Crippen LogP contribution < -0.4 is 15.5 Å². The summed E-state index contributed by atoms with van der Waals surface area (Å²) in [6.45, 7) is 1.18. The number of benzene rings is 3. The molecular formula is C29H30N4O4S. The second kappa shape index (κ2) is 9.83. The van der Waals surface area contributed by atoms with E-state index in [0.717, 1.165) is 35.1 Å². The van der Waals surface area contributed by atoms with Gasteiger partial charge in [-0.15, -0.1) is 0 Å². The molecule has 9 heteroatoms. The van der Waals surface area contributed by atoms with Crippen LogP contribution in [0, 0.1) is 0 Å². The minimum atomic E-state index is -2.44. The molecule has 6 rings (SSSR count). The van der Waals surface area contributed by atoms with Crippen molar-refractivity contribution in [1.82, 2.24) is 9.88 Å². The van der Waals surface area contributed by atoms with E-state index in [2.05, 4.69) is 20.1 Å². The van der Waals surface area contributed by atoms with Gasteiger partial charge in [0.2, 0.25) is 0 Å². The van der Waals surface area contributed by atoms with Crippen LogP contribution in [0.25, 0.3) is 16.6 Å². The fourth-order valence-electron chi connectivity index (χ4n) is 4.73. The van der Waals surface area contributed by atoms with E-state index in [4.69, 9.17) is 0 Å². The van der Waals surface area contributed by atoms with E-state index in [-0.39, 0.29) is 11.8 Å². The Kier molecular flexibility index (Phi) is 6.35. The summed E-state index contributed by atoms with van der Waals surface area (Å²) in [4.78, 5) is 27.3. The Balaban J connectivity index is 1.12. The number of fused-ring (bicyclic) bond motifs is 1. The summed E-state index contributed by atoms with van der Waals surface area (Å²) in [5.41, 5.74) is 4.84. The molecule has 1 aromatic heterocycles. The lowest BCUT2D eigenvalue weighted by Crippen LogP contribution is -2.38. The van der Waals surface area contributed by atoms with Crippen molar-refractivity contribution in [3.8, 4) is 5.69 Å². The van der Waals surface area contributed by atoms with Gasteiger partial charge in [0.25, 0.3) is 11.8 Å². The first kappa shape index (κ1) is 24.5. The molecule has 1 aliphatic heterocycles. The molecule has 1 aliphatic carbocycles. The van der Waals surface area contributed by atoms with Crippen LogP contribution >= 0.6 is 10.6 Å². The van der Waals surface area contributed by atoms with Gasteiger partial charge in [-0.3, -0.25) is 18.7 Å². The monoisotopic (exact) mass is 530 g/mol. The van der Waals surface area contributed by atoms with E-state index in [1.165, 1.54) is 0 Å². The van der Waals surface area contributed by atoms with Gasteiger partial charge in [-0.1, -0.05) is 0 Å². The average Bonchev–Trinajstić information content (AvgIpc) is 3.64. The lowest BCUT2D eigenvalue weighted by molar-refractivity contribution is 0.0950. The summed E-state index contributed by atoms with van der Waals surface area (Å²) in [6.07, 6.45) is 4.10. The largest absolute Gasteiger partial charge is 0.368 e. The lowest BCUT2D eigenvalue weighted by Gasteiger charge is -2.41. The molecule has 0 bridgehead atoms. The van der Waals surface area contributed by atoms with Crippen LogP contribution in [-0.4, -0.2) is 56.1 Å². The zero-order valence-corrected chi connectivity index (χ0v) is 21.7. The summed E-state index contributed by atoms with van der Waals surface area (Å²) >= 11 is 0. The predicted molar refractivity (Wildman–Crippen MR) is 153 cm³/mol. The van der Waals surface area contributed by atoms with Gasteiger partial charge in [0.1, 0.15) is 0 Å². The Bertz CT molecular complexity index is 1480. The van der Waals surface area contributed by atoms with E-state index >= 15 is 0 Å². The first-order valence-corrected chi connectivity index (χ1v) is 14.7. The molecule has 0 atom stereocenters. The molecule has 2 fully saturated rings. The third-order valence-electron chi connectivity index (χ3n) is 7.14. The zero-order chi connectivity index (χ0) is 26.3. The Labute approximate surface area is 222 Å². The quantitative estimate of drug-likeness (QED) is 0.269. The molecule has 0 unspecified atom stereocenters. The molecule has 4 N–H and O–H groups in total. The third kappa shape index (κ3) is 5.26. The number of aromatic nitrogens is 1. The second-order valence-corrected chi connectivity index (χ2v) is 12.4. The smallest absolute Gasteiger partial charge is 0.255 e. The maximum Gasteiger partial charge on any atom is 0.255 e. The number of amides is 2. The van der Waals surface area contributed by atoms with Crippen molar-refractivity contribution in [2.24, 2.45) is 0 Å². The molecule has 2 heterocycles. The van der Waals surface area contributed by atoms with Gasteiger partial charge in [0.05, 0.1) is 17.0 Å². The van der Waals surface area contributed by atoms with Crippen molar-refractivity contribution in [3.63, 3.8) is 0 Å². The number of carbonyl (C=O) groups excluding carboxylic acids is 2. The summed E-state index contributed by atoms with van der Waals surface area (Å²) in [5, 5.41) is 6.98. The maximum absolute atomic E-state index is 12.9. The van der Waals surface area contributed by atoms with Crippen LogP contribution in [0.5, 0.6) is 0 Å². The van der Waals surface area contributed by atoms with Crippen molar-refractivity contribution >= 4 is 44.7 Å². The number of nitrogens with zero attached hydrogens (tertiary/aromatic N) is 2. The lowest BCUT2D eigenvalue weighted by atomic mass is 10.1. The highest BCUT2D eigenvalue weighted by atomic mass is 32.3. The Morgan fingerprint density at radius 1 is 0.789 bits per heavy atom. The van der Waals surface area contributed by atoms with Crippen LogP contribution in [0.4, 0.5) is 11.4 Å². The summed E-state index contributed by atoms with van der Waals surface area (Å²) in [5.74, 6) is 0.534. The zero-order valence-electron chi connectivity index (χ0n) is 20.8. The molecule has 4 aromatic rings. The maximum atomic E-state index is 12.9. The van der Waals surface area contributed by atoms with Crippen LogP contribution in [0.1, 0.15) is 33.6 Å². The summed E-state index contributed by atoms with van der Waals surface area (Å²) in [7, 11) is -2.44. The number of anilines is 2. The molecule has 8 nitrogen and oxygen atoms in total. The number of rotatable bonds is 6. The van der Waals surface area contributed by atoms with Crippen molar-refractivity contribution in [2.75, 3.05) is 34.8 Å². The number of nitrogens with one attached hydrogen (secondary N) is 2. The fraction of sp³-hybridized carbons (Fsp3) is 0.241. The highest BCUT2D eigenvalue weighted by Gasteiger charge is 2.24. The van der Waals surface area contributed by atoms with Gasteiger partial charge in [0.15, 0.2) is 0 Å². The molecule has 3 aromatic carbocycles. The molecular weight excluding hydrogens is 500 g/mol. The fourth-order valence-corrected chi connectivity index (χ4v) is 5.96. The van der Waals surface area contributed by atoms with E-state index in [9.17, 15) is 18.7 Å². The van der Waals surface area contributed by atoms with Crippen LogP contribution in [0.2, 0.25) is 0 Å². The van der Waals surface area contributed by atoms with Crippen LogP contribution in [0.3, 0.4) is 0 Å². The first-order chi connectivity index (χ1) is 18.3. The van der Waals surface area contributed by atoms with E-state index in [1.54, 1.807) is 12.1 Å². The van der Waals surface area contributed by atoms with E-state index in [0.29, 0.717) is 47.5 Å². The number of hydrogen-bond donors (Lipinski definition) is 4. The number of hydrogen-bond acceptors (Lipinski definition) is 5. The van der Waals surface area contributed by atoms with Gasteiger partial charge in [-0.05, 0) is 85.6 Å². The van der Waals surface area contributed by atoms with E-state index in [1.807, 2.05) is 66.9 Å². The molecule has 1 saturated carbocycles. The van der Waals surface area contributed by atoms with Gasteiger partial charge in [-0.25, -0.2) is 0 Å². The summed E-state index contributed by atoms with van der Waals surface area (Å²) < 4.78 is 21.7. The van der Waals surface area contributed by atoms with Crippen molar-refractivity contribution in [2.45, 2.75) is 18.9 Å². The highest BCUT2D eigenvalue weighted by molar-refractivity contribution is 8.24. The molecule has 196 valence electrons. The minimum absolute atomic E-state index is 0.0294. The van der Waals surface area contributed by atoms with Crippen molar-refractivity contribution < 1.29 is 18.7 Å². The van der Waals surface area contributed by atoms with Gasteiger partial charge in [-0.2, -0.15) is 10.6 Å². The number of carbonyl (C=O) groups is 2. The molecule has 1 saturated heterocycles. The topological polar surface area (TPSA) is 107 Å². The van der Waals surface area contributed by atoms with Crippen molar-refractivity contribution in [1.29, 1.82) is 0 Å². The van der Waals surface area contributed by atoms with Crippen LogP contribution in [-0.2, 0) is 0 Å². The van der Waals surface area contributed by atoms with Gasteiger partial charge < -0.3 is 20.1 Å². The minimum Gasteiger partial charge on any atom is -0.368 e. The Morgan fingerprint density at radius 3 is 2.08 bits per heavy atom. The normalized spacial score (nSPS) is 17.7. The molecule has 0 radical (unpaired) electrons. The highest BCUT2D eigenvalue weighted by Crippen LogP contribution is 2.41. The molecule has 2 aliphatic rings. The SMILES string of the molecule is O=C(Nc1ccc2c(ccn2-c2ccc(C(=O)NC3CC3)cc2)c1)c1ccc(N2CCS(O)(O)CC2)cc1. The average molecular weight is 531 g/mol. The van der Waals surface area contributed by atoms with Crippen LogP contribution in [0.15, 0.2) is 79.0 Å². The molecule has 38 heavy (non-hydrogen) atoms. The Hall–Kier alpha value is -3.79. The summed E-state index contributed by atoms with van der Waals surface area (Å²) in [6, 6.07) is 23.1. The molecule has 0 spiro atoms. The second-order valence-electron chi connectivity index (χ2n) is 9.95. The van der Waals surface area contributed by atoms with Gasteiger partial charge >= 0.3 is 0 Å². The first-order valence-electron chi connectivity index (χ1n) is 12.8. The predicted octanol–water partition coefficient (Wildman–Crippen LogP) is 5.35. The van der Waals surface area contributed by atoms with Gasteiger partial charge in [0, 0.05) is 58.9 Å². The molecule has 2 amide bonds. The third-order valence-corrected chi connectivity index (χ3v) is 8.81. The van der Waals surface area contributed by atoms with Crippen molar-refractivity contribution in [3.05, 3.63) is 90.1 Å². The Morgan fingerprint density at radius 2 is 1.42 bits per heavy atom.